The van der Waals surface area contributed by atoms with E-state index in [1.165, 1.54) is 0 Å². The average Bonchev–Trinajstić information content (AvgIpc) is 2.46. The van der Waals surface area contributed by atoms with Gasteiger partial charge in [0.15, 0.2) is 0 Å². The minimum absolute atomic E-state index is 0.436. The van der Waals surface area contributed by atoms with Crippen LogP contribution < -0.4 is 0 Å². The number of hydrogen-bond acceptors (Lipinski definition) is 3. The molecule has 3 nitrogen and oxygen atoms in total. The number of methoxy groups -OCH3 is 1. The molecule has 0 spiro atoms. The molecule has 0 amide bonds. The first-order valence-corrected chi connectivity index (χ1v) is 7.60. The van der Waals surface area contributed by atoms with Crippen molar-refractivity contribution in [1.82, 2.24) is 4.90 Å². The maximum Gasteiger partial charge on any atom is 0.0919 e. The van der Waals surface area contributed by atoms with E-state index in [2.05, 4.69) is 31.7 Å². The van der Waals surface area contributed by atoms with Gasteiger partial charge in [0.25, 0.3) is 0 Å². The highest BCUT2D eigenvalue weighted by atomic mass is 16.5. The second kappa shape index (κ2) is 9.11. The molecule has 1 atom stereocenters. The molecule has 0 aliphatic heterocycles. The van der Waals surface area contributed by atoms with Crippen molar-refractivity contribution < 1.29 is 9.84 Å². The smallest absolute Gasteiger partial charge is 0.0919 e. The van der Waals surface area contributed by atoms with Crippen molar-refractivity contribution in [1.29, 1.82) is 0 Å². The molecule has 3 heteroatoms. The lowest BCUT2D eigenvalue weighted by Gasteiger charge is -2.32. The number of nitrogens with zero attached hydrogens (tertiary/aromatic N) is 1. The number of benzene rings is 1. The van der Waals surface area contributed by atoms with Crippen molar-refractivity contribution in [2.45, 2.75) is 45.8 Å². The Morgan fingerprint density at radius 2 is 1.85 bits per heavy atom. The Morgan fingerprint density at radius 1 is 1.20 bits per heavy atom. The Hall–Kier alpha value is -0.900. The molecule has 1 N–H and O–H groups in total. The first kappa shape index (κ1) is 17.2. The summed E-state index contributed by atoms with van der Waals surface area (Å²) in [5.74, 6) is 0. The highest BCUT2D eigenvalue weighted by Crippen LogP contribution is 2.20. The minimum Gasteiger partial charge on any atom is -0.387 e. The molecule has 1 aromatic carbocycles. The molecular formula is C17H29NO2. The minimum atomic E-state index is -0.436. The molecule has 1 aromatic rings. The zero-order chi connectivity index (χ0) is 15.0. The summed E-state index contributed by atoms with van der Waals surface area (Å²) in [7, 11) is 1.73. The molecule has 0 saturated heterocycles. The SMILES string of the molecule is CCC(CC)N(CCOC)CC(O)c1ccccc1C. The Kier molecular flexibility index (Phi) is 7.82. The highest BCUT2D eigenvalue weighted by Gasteiger charge is 2.20. The van der Waals surface area contributed by atoms with Gasteiger partial charge in [-0.15, -0.1) is 0 Å². The van der Waals surface area contributed by atoms with Gasteiger partial charge in [0.05, 0.1) is 12.7 Å². The fourth-order valence-corrected chi connectivity index (χ4v) is 2.72. The van der Waals surface area contributed by atoms with Gasteiger partial charge in [-0.2, -0.15) is 0 Å². The third-order valence-corrected chi connectivity index (χ3v) is 4.00. The topological polar surface area (TPSA) is 32.7 Å². The molecule has 1 unspecified atom stereocenters. The standard InChI is InChI=1S/C17H29NO2/c1-5-15(6-2)18(11-12-20-4)13-17(19)16-10-8-7-9-14(16)3/h7-10,15,17,19H,5-6,11-13H2,1-4H3. The van der Waals surface area contributed by atoms with Gasteiger partial charge < -0.3 is 9.84 Å². The molecule has 20 heavy (non-hydrogen) atoms. The maximum absolute atomic E-state index is 10.5. The van der Waals surface area contributed by atoms with Crippen LogP contribution in [0.3, 0.4) is 0 Å². The van der Waals surface area contributed by atoms with Crippen LogP contribution in [0.2, 0.25) is 0 Å². The van der Waals surface area contributed by atoms with Gasteiger partial charge >= 0.3 is 0 Å². The summed E-state index contributed by atoms with van der Waals surface area (Å²) in [5.41, 5.74) is 2.18. The summed E-state index contributed by atoms with van der Waals surface area (Å²) < 4.78 is 5.20. The lowest BCUT2D eigenvalue weighted by atomic mass is 10.0. The number of aryl methyl sites for hydroxylation is 1. The van der Waals surface area contributed by atoms with Crippen molar-refractivity contribution in [3.63, 3.8) is 0 Å². The predicted molar refractivity (Wildman–Crippen MR) is 84.0 cm³/mol. The molecule has 0 saturated carbocycles. The van der Waals surface area contributed by atoms with Gasteiger partial charge in [-0.05, 0) is 30.9 Å². The van der Waals surface area contributed by atoms with Gasteiger partial charge in [0, 0.05) is 26.2 Å². The van der Waals surface area contributed by atoms with Crippen molar-refractivity contribution in [2.75, 3.05) is 26.8 Å². The Morgan fingerprint density at radius 3 is 2.40 bits per heavy atom. The zero-order valence-corrected chi connectivity index (χ0v) is 13.3. The van der Waals surface area contributed by atoms with Crippen LogP contribution >= 0.6 is 0 Å². The fourth-order valence-electron chi connectivity index (χ4n) is 2.72. The van der Waals surface area contributed by atoms with E-state index < -0.39 is 6.10 Å². The molecule has 0 heterocycles. The third kappa shape index (κ3) is 4.89. The van der Waals surface area contributed by atoms with E-state index in [1.54, 1.807) is 7.11 Å². The monoisotopic (exact) mass is 279 g/mol. The molecular weight excluding hydrogens is 250 g/mol. The van der Waals surface area contributed by atoms with E-state index >= 15 is 0 Å². The van der Waals surface area contributed by atoms with Crippen LogP contribution in [-0.4, -0.2) is 42.9 Å². The first-order valence-electron chi connectivity index (χ1n) is 7.60. The van der Waals surface area contributed by atoms with Crippen LogP contribution in [0.4, 0.5) is 0 Å². The predicted octanol–water partition coefficient (Wildman–Crippen LogP) is 3.17. The Balaban J connectivity index is 2.75. The van der Waals surface area contributed by atoms with Crippen molar-refractivity contribution in [3.8, 4) is 0 Å². The van der Waals surface area contributed by atoms with Gasteiger partial charge in [0.1, 0.15) is 0 Å². The molecule has 0 aromatic heterocycles. The molecule has 0 fully saturated rings. The van der Waals surface area contributed by atoms with Gasteiger partial charge in [-0.1, -0.05) is 38.1 Å². The second-order valence-electron chi connectivity index (χ2n) is 5.33. The molecule has 0 aliphatic rings. The quantitative estimate of drug-likeness (QED) is 0.753. The first-order chi connectivity index (χ1) is 9.63. The lowest BCUT2D eigenvalue weighted by Crippen LogP contribution is -2.39. The van der Waals surface area contributed by atoms with E-state index in [4.69, 9.17) is 4.74 Å². The highest BCUT2D eigenvalue weighted by molar-refractivity contribution is 5.27. The number of aliphatic hydroxyl groups excluding tert-OH is 1. The summed E-state index contributed by atoms with van der Waals surface area (Å²) in [5, 5.41) is 10.5. The van der Waals surface area contributed by atoms with Crippen LogP contribution in [0.1, 0.15) is 43.9 Å². The van der Waals surface area contributed by atoms with Gasteiger partial charge in [-0.3, -0.25) is 4.90 Å². The normalized spacial score (nSPS) is 13.2. The van der Waals surface area contributed by atoms with E-state index in [1.807, 2.05) is 18.2 Å². The third-order valence-electron chi connectivity index (χ3n) is 4.00. The summed E-state index contributed by atoms with van der Waals surface area (Å²) >= 11 is 0. The van der Waals surface area contributed by atoms with Crippen molar-refractivity contribution in [2.24, 2.45) is 0 Å². The largest absolute Gasteiger partial charge is 0.387 e. The van der Waals surface area contributed by atoms with Crippen LogP contribution in [0.25, 0.3) is 0 Å². The molecule has 114 valence electrons. The van der Waals surface area contributed by atoms with Gasteiger partial charge in [0.2, 0.25) is 0 Å². The van der Waals surface area contributed by atoms with E-state index in [0.29, 0.717) is 19.2 Å². The zero-order valence-electron chi connectivity index (χ0n) is 13.3. The van der Waals surface area contributed by atoms with Crippen LogP contribution in [-0.2, 0) is 4.74 Å². The number of aliphatic hydroxyl groups is 1. The van der Waals surface area contributed by atoms with E-state index in [0.717, 1.165) is 30.5 Å². The fraction of sp³-hybridized carbons (Fsp3) is 0.647. The number of hydrogen-bond donors (Lipinski definition) is 1. The molecule has 0 radical (unpaired) electrons. The second-order valence-corrected chi connectivity index (χ2v) is 5.33. The van der Waals surface area contributed by atoms with Crippen LogP contribution in [0.15, 0.2) is 24.3 Å². The van der Waals surface area contributed by atoms with Crippen molar-refractivity contribution >= 4 is 0 Å². The molecule has 0 bridgehead atoms. The number of rotatable bonds is 9. The summed E-state index contributed by atoms with van der Waals surface area (Å²) in [6.07, 6.45) is 1.76. The summed E-state index contributed by atoms with van der Waals surface area (Å²) in [6.45, 7) is 8.70. The Labute approximate surface area is 123 Å². The van der Waals surface area contributed by atoms with Gasteiger partial charge in [-0.25, -0.2) is 0 Å². The average molecular weight is 279 g/mol. The van der Waals surface area contributed by atoms with Crippen LogP contribution in [0, 0.1) is 6.92 Å². The Bertz CT molecular complexity index is 377. The van der Waals surface area contributed by atoms with Crippen molar-refractivity contribution in [3.05, 3.63) is 35.4 Å². The maximum atomic E-state index is 10.5. The van der Waals surface area contributed by atoms with Crippen LogP contribution in [0.5, 0.6) is 0 Å². The van der Waals surface area contributed by atoms with E-state index in [-0.39, 0.29) is 0 Å². The summed E-state index contributed by atoms with van der Waals surface area (Å²) in [4.78, 5) is 2.35. The van der Waals surface area contributed by atoms with E-state index in [9.17, 15) is 5.11 Å². The lowest BCUT2D eigenvalue weighted by molar-refractivity contribution is 0.0606. The number of ether oxygens (including phenoxy) is 1. The molecule has 0 aliphatic carbocycles. The molecule has 1 rings (SSSR count). The summed E-state index contributed by atoms with van der Waals surface area (Å²) in [6, 6.07) is 8.57.